The van der Waals surface area contributed by atoms with E-state index < -0.39 is 4.92 Å². The number of non-ortho nitro benzene ring substituents is 1. The number of hydrogen-bond acceptors (Lipinski definition) is 6. The number of nitrogens with zero attached hydrogens (tertiary/aromatic N) is 4. The van der Waals surface area contributed by atoms with Gasteiger partial charge in [-0.05, 0) is 73.6 Å². The second-order valence-corrected chi connectivity index (χ2v) is 13.1. The minimum Gasteiger partial charge on any atom is -0.445 e. The minimum absolute atomic E-state index is 0.00768. The summed E-state index contributed by atoms with van der Waals surface area (Å²) in [6.45, 7) is 7.10. The summed E-state index contributed by atoms with van der Waals surface area (Å²) in [5, 5.41) is 10.9. The normalized spacial score (nSPS) is 22.9. The standard InChI is InChI=1S/C36H48N4O5/c1-3-20-39(36(42)45-26-27-14-16-32(17-15-27)40(43)44)31-18-21-38(22-19-31)25-30-23-33(24-34(30)28-10-6-4-7-11-28)37(2)35(41)29-12-8-5-9-13-29/h3-4,6-7,10-11,14-17,29-31,33-34H,1,5,8-9,12-13,18-26H2,2H3/t30-,33+,34-/m1/s1. The van der Waals surface area contributed by atoms with Crippen LogP contribution in [0.3, 0.4) is 0 Å². The molecule has 0 N–H and O–H groups in total. The molecular weight excluding hydrogens is 568 g/mol. The number of carbonyl (C=O) groups is 2. The van der Waals surface area contributed by atoms with Crippen LogP contribution in [0, 0.1) is 22.0 Å². The molecule has 45 heavy (non-hydrogen) atoms. The van der Waals surface area contributed by atoms with Crippen molar-refractivity contribution in [1.29, 1.82) is 0 Å². The third kappa shape index (κ3) is 8.31. The molecule has 9 nitrogen and oxygen atoms in total. The van der Waals surface area contributed by atoms with Crippen molar-refractivity contribution < 1.29 is 19.2 Å². The molecular formula is C36H48N4O5. The largest absolute Gasteiger partial charge is 0.445 e. The fraction of sp³-hybridized carbons (Fsp3) is 0.556. The average molecular weight is 617 g/mol. The lowest BCUT2D eigenvalue weighted by Crippen LogP contribution is -2.48. The van der Waals surface area contributed by atoms with E-state index in [2.05, 4.69) is 46.7 Å². The van der Waals surface area contributed by atoms with Crippen molar-refractivity contribution in [3.8, 4) is 0 Å². The monoisotopic (exact) mass is 616 g/mol. The van der Waals surface area contributed by atoms with E-state index in [9.17, 15) is 19.7 Å². The third-order valence-electron chi connectivity index (χ3n) is 10.3. The van der Waals surface area contributed by atoms with Crippen molar-refractivity contribution in [2.45, 2.75) is 82.4 Å². The molecule has 3 atom stereocenters. The van der Waals surface area contributed by atoms with Crippen molar-refractivity contribution >= 4 is 17.7 Å². The Morgan fingerprint density at radius 3 is 2.31 bits per heavy atom. The highest BCUT2D eigenvalue weighted by Crippen LogP contribution is 2.43. The lowest BCUT2D eigenvalue weighted by molar-refractivity contribution is -0.384. The molecule has 0 radical (unpaired) electrons. The summed E-state index contributed by atoms with van der Waals surface area (Å²) in [6.07, 6.45) is 10.7. The molecule has 9 heteroatoms. The van der Waals surface area contributed by atoms with Crippen LogP contribution < -0.4 is 0 Å². The zero-order valence-electron chi connectivity index (χ0n) is 26.6. The molecule has 3 aliphatic rings. The topological polar surface area (TPSA) is 96.2 Å². The first-order valence-electron chi connectivity index (χ1n) is 16.7. The van der Waals surface area contributed by atoms with E-state index in [4.69, 9.17) is 4.74 Å². The molecule has 2 aliphatic carbocycles. The summed E-state index contributed by atoms with van der Waals surface area (Å²) in [6, 6.07) is 17.2. The van der Waals surface area contributed by atoms with Crippen LogP contribution in [0.25, 0.3) is 0 Å². The maximum atomic E-state index is 13.4. The van der Waals surface area contributed by atoms with Crippen LogP contribution in [0.5, 0.6) is 0 Å². The quantitative estimate of drug-likeness (QED) is 0.157. The Morgan fingerprint density at radius 1 is 0.978 bits per heavy atom. The Bertz CT molecular complexity index is 1290. The van der Waals surface area contributed by atoms with Crippen molar-refractivity contribution in [3.05, 3.63) is 88.5 Å². The van der Waals surface area contributed by atoms with Crippen LogP contribution in [-0.4, -0.2) is 76.9 Å². The molecule has 0 bridgehead atoms. The lowest BCUT2D eigenvalue weighted by atomic mass is 9.88. The van der Waals surface area contributed by atoms with E-state index in [0.717, 1.165) is 58.2 Å². The Labute approximate surface area is 267 Å². The van der Waals surface area contributed by atoms with Crippen LogP contribution in [0.1, 0.15) is 74.8 Å². The van der Waals surface area contributed by atoms with E-state index in [-0.39, 0.29) is 36.4 Å². The summed E-state index contributed by atoms with van der Waals surface area (Å²) in [5.41, 5.74) is 2.08. The van der Waals surface area contributed by atoms with E-state index in [1.807, 2.05) is 7.05 Å². The highest BCUT2D eigenvalue weighted by molar-refractivity contribution is 5.79. The molecule has 2 aromatic carbocycles. The maximum absolute atomic E-state index is 13.4. The van der Waals surface area contributed by atoms with Crippen molar-refractivity contribution in [2.24, 2.45) is 11.8 Å². The predicted molar refractivity (Wildman–Crippen MR) is 175 cm³/mol. The van der Waals surface area contributed by atoms with E-state index in [1.165, 1.54) is 37.0 Å². The van der Waals surface area contributed by atoms with Gasteiger partial charge in [-0.15, -0.1) is 6.58 Å². The second kappa shape index (κ2) is 15.5. The first kappa shape index (κ1) is 32.7. The van der Waals surface area contributed by atoms with Gasteiger partial charge in [0.15, 0.2) is 0 Å². The number of rotatable bonds is 11. The summed E-state index contributed by atoms with van der Waals surface area (Å²) >= 11 is 0. The summed E-state index contributed by atoms with van der Waals surface area (Å²) in [7, 11) is 2.03. The minimum atomic E-state index is -0.446. The molecule has 1 saturated heterocycles. The number of carbonyl (C=O) groups excluding carboxylic acids is 2. The number of nitro benzene ring substituents is 1. The van der Waals surface area contributed by atoms with Gasteiger partial charge in [0, 0.05) is 63.4 Å². The van der Waals surface area contributed by atoms with Crippen LogP contribution >= 0.6 is 0 Å². The van der Waals surface area contributed by atoms with Gasteiger partial charge in [-0.3, -0.25) is 14.9 Å². The Hall–Kier alpha value is -3.72. The smallest absolute Gasteiger partial charge is 0.410 e. The van der Waals surface area contributed by atoms with Gasteiger partial charge in [0.2, 0.25) is 5.91 Å². The summed E-state index contributed by atoms with van der Waals surface area (Å²) in [4.78, 5) is 43.4. The molecule has 0 unspecified atom stereocenters. The van der Waals surface area contributed by atoms with Gasteiger partial charge in [-0.2, -0.15) is 0 Å². The highest BCUT2D eigenvalue weighted by Gasteiger charge is 2.41. The number of hydrogen-bond donors (Lipinski definition) is 0. The van der Waals surface area contributed by atoms with E-state index in [0.29, 0.717) is 29.9 Å². The predicted octanol–water partition coefficient (Wildman–Crippen LogP) is 6.78. The van der Waals surface area contributed by atoms with Crippen LogP contribution in [0.15, 0.2) is 67.3 Å². The third-order valence-corrected chi connectivity index (χ3v) is 10.3. The zero-order valence-corrected chi connectivity index (χ0v) is 26.6. The van der Waals surface area contributed by atoms with Gasteiger partial charge in [0.05, 0.1) is 4.92 Å². The molecule has 1 heterocycles. The fourth-order valence-corrected chi connectivity index (χ4v) is 7.74. The van der Waals surface area contributed by atoms with Crippen molar-refractivity contribution in [2.75, 3.05) is 33.2 Å². The van der Waals surface area contributed by atoms with Crippen LogP contribution in [0.2, 0.25) is 0 Å². The number of nitro groups is 1. The van der Waals surface area contributed by atoms with Gasteiger partial charge in [-0.25, -0.2) is 4.79 Å². The Morgan fingerprint density at radius 2 is 1.67 bits per heavy atom. The van der Waals surface area contributed by atoms with Gasteiger partial charge in [0.25, 0.3) is 5.69 Å². The van der Waals surface area contributed by atoms with E-state index >= 15 is 0 Å². The molecule has 2 amide bonds. The van der Waals surface area contributed by atoms with Crippen LogP contribution in [0.4, 0.5) is 10.5 Å². The summed E-state index contributed by atoms with van der Waals surface area (Å²) < 4.78 is 5.61. The molecule has 2 aromatic rings. The SMILES string of the molecule is C=CCN(C(=O)OCc1ccc([N+](=O)[O-])cc1)C1CCN(C[C@H]2C[C@H](N(C)C(=O)C3CCCCC3)C[C@@H]2c2ccccc2)CC1. The molecule has 0 spiro atoms. The van der Waals surface area contributed by atoms with Crippen LogP contribution in [-0.2, 0) is 16.1 Å². The number of ether oxygens (including phenoxy) is 1. The molecule has 0 aromatic heterocycles. The fourth-order valence-electron chi connectivity index (χ4n) is 7.74. The number of benzene rings is 2. The lowest BCUT2D eigenvalue weighted by Gasteiger charge is -2.39. The number of amides is 2. The molecule has 2 saturated carbocycles. The van der Waals surface area contributed by atoms with Crippen molar-refractivity contribution in [1.82, 2.24) is 14.7 Å². The zero-order chi connectivity index (χ0) is 31.8. The molecule has 242 valence electrons. The maximum Gasteiger partial charge on any atom is 0.410 e. The van der Waals surface area contributed by atoms with Gasteiger partial charge >= 0.3 is 6.09 Å². The van der Waals surface area contributed by atoms with Gasteiger partial charge in [-0.1, -0.05) is 55.7 Å². The first-order chi connectivity index (χ1) is 21.8. The number of likely N-dealkylation sites (tertiary alicyclic amines) is 1. The Balaban J connectivity index is 1.17. The average Bonchev–Trinajstić information content (AvgIpc) is 3.50. The molecule has 5 rings (SSSR count). The molecule has 1 aliphatic heterocycles. The molecule has 3 fully saturated rings. The van der Waals surface area contributed by atoms with E-state index in [1.54, 1.807) is 23.1 Å². The van der Waals surface area contributed by atoms with Gasteiger partial charge in [0.1, 0.15) is 6.61 Å². The Kier molecular flexibility index (Phi) is 11.3. The first-order valence-corrected chi connectivity index (χ1v) is 16.7. The van der Waals surface area contributed by atoms with Gasteiger partial charge < -0.3 is 19.4 Å². The second-order valence-electron chi connectivity index (χ2n) is 13.1. The highest BCUT2D eigenvalue weighted by atomic mass is 16.6. The van der Waals surface area contributed by atoms with Crippen molar-refractivity contribution in [3.63, 3.8) is 0 Å². The number of piperidine rings is 1. The summed E-state index contributed by atoms with van der Waals surface area (Å²) in [5.74, 6) is 1.42.